The summed E-state index contributed by atoms with van der Waals surface area (Å²) < 4.78 is 0.295. The molecule has 14 heavy (non-hydrogen) atoms. The van der Waals surface area contributed by atoms with E-state index in [4.69, 9.17) is 17.3 Å². The summed E-state index contributed by atoms with van der Waals surface area (Å²) in [5.41, 5.74) is 6.74. The number of halogens is 2. The van der Waals surface area contributed by atoms with Crippen LogP contribution in [0.15, 0.2) is 29.4 Å². The van der Waals surface area contributed by atoms with Gasteiger partial charge in [0.1, 0.15) is 5.84 Å². The molecule has 0 aliphatic carbocycles. The molecule has 0 saturated carbocycles. The predicted octanol–water partition coefficient (Wildman–Crippen LogP) is 2.24. The monoisotopic (exact) mass is 321 g/mol. The lowest BCUT2D eigenvalue weighted by Crippen LogP contribution is -2.22. The van der Waals surface area contributed by atoms with Crippen LogP contribution in [0.1, 0.15) is 0 Å². The van der Waals surface area contributed by atoms with E-state index in [1.165, 1.54) is 0 Å². The molecule has 5 heteroatoms. The Morgan fingerprint density at radius 2 is 2.07 bits per heavy atom. The first-order chi connectivity index (χ1) is 6.66. The van der Waals surface area contributed by atoms with Gasteiger partial charge in [-0.1, -0.05) is 34.2 Å². The highest BCUT2D eigenvalue weighted by Gasteiger charge is 2.22. The molecule has 0 fully saturated rings. The van der Waals surface area contributed by atoms with Crippen molar-refractivity contribution < 1.29 is 0 Å². The van der Waals surface area contributed by atoms with Gasteiger partial charge >= 0.3 is 0 Å². The Morgan fingerprint density at radius 3 is 2.57 bits per heavy atom. The smallest absolute Gasteiger partial charge is 0.135 e. The van der Waals surface area contributed by atoms with E-state index in [0.717, 1.165) is 17.3 Å². The highest BCUT2D eigenvalue weighted by molar-refractivity contribution is 14.1. The lowest BCUT2D eigenvalue weighted by molar-refractivity contribution is 0.937. The average molecular weight is 322 g/mol. The van der Waals surface area contributed by atoms with E-state index in [1.807, 2.05) is 29.3 Å². The lowest BCUT2D eigenvalue weighted by atomic mass is 10.3. The molecule has 1 aliphatic heterocycles. The van der Waals surface area contributed by atoms with Gasteiger partial charge in [-0.05, 0) is 24.3 Å². The van der Waals surface area contributed by atoms with Crippen LogP contribution in [0.4, 0.5) is 5.69 Å². The Labute approximate surface area is 101 Å². The number of hydrogen-bond acceptors (Lipinski definition) is 3. The number of hydrogen-bond donors (Lipinski definition) is 1. The summed E-state index contributed by atoms with van der Waals surface area (Å²) in [6.07, 6.45) is 0. The summed E-state index contributed by atoms with van der Waals surface area (Å²) in [6, 6.07) is 7.58. The Balaban J connectivity index is 2.22. The summed E-state index contributed by atoms with van der Waals surface area (Å²) >= 11 is 8.08. The second-order valence-electron chi connectivity index (χ2n) is 3.05. The van der Waals surface area contributed by atoms with Crippen molar-refractivity contribution in [2.24, 2.45) is 10.8 Å². The van der Waals surface area contributed by atoms with Crippen molar-refractivity contribution in [3.63, 3.8) is 0 Å². The fourth-order valence-electron chi connectivity index (χ4n) is 1.26. The minimum absolute atomic E-state index is 0.295. The van der Waals surface area contributed by atoms with Gasteiger partial charge in [0.05, 0.1) is 16.2 Å². The third-order valence-corrected chi connectivity index (χ3v) is 3.30. The van der Waals surface area contributed by atoms with Crippen LogP contribution >= 0.6 is 34.2 Å². The number of rotatable bonds is 1. The normalized spacial score (nSPS) is 21.1. The Kier molecular flexibility index (Phi) is 2.83. The molecule has 0 aromatic heterocycles. The zero-order chi connectivity index (χ0) is 10.1. The molecule has 1 aromatic rings. The molecule has 1 aromatic carbocycles. The number of anilines is 1. The molecular formula is C9H9ClIN3. The van der Waals surface area contributed by atoms with Crippen LogP contribution in [0.5, 0.6) is 0 Å². The first-order valence-corrected chi connectivity index (χ1v) is 5.80. The van der Waals surface area contributed by atoms with Gasteiger partial charge in [0.25, 0.3) is 0 Å². The molecule has 3 nitrogen and oxygen atoms in total. The average Bonchev–Trinajstić information content (AvgIpc) is 2.48. The molecule has 0 saturated heterocycles. The molecule has 74 valence electrons. The number of alkyl halides is 1. The molecule has 0 radical (unpaired) electrons. The van der Waals surface area contributed by atoms with Crippen LogP contribution in [-0.2, 0) is 0 Å². The highest BCUT2D eigenvalue weighted by Crippen LogP contribution is 2.23. The summed E-state index contributed by atoms with van der Waals surface area (Å²) in [7, 11) is 0. The predicted molar refractivity (Wildman–Crippen MR) is 68.2 cm³/mol. The van der Waals surface area contributed by atoms with Crippen molar-refractivity contribution in [1.29, 1.82) is 0 Å². The van der Waals surface area contributed by atoms with E-state index in [-0.39, 0.29) is 0 Å². The number of nitrogens with two attached hydrogens (primary N) is 1. The zero-order valence-electron chi connectivity index (χ0n) is 7.32. The van der Waals surface area contributed by atoms with Crippen LogP contribution in [0.25, 0.3) is 0 Å². The van der Waals surface area contributed by atoms with E-state index < -0.39 is 0 Å². The third kappa shape index (κ3) is 1.95. The van der Waals surface area contributed by atoms with Gasteiger partial charge in [-0.25, -0.2) is 0 Å². The molecule has 2 rings (SSSR count). The molecule has 0 spiro atoms. The Hall–Kier alpha value is -0.490. The lowest BCUT2D eigenvalue weighted by Gasteiger charge is -2.13. The first kappa shape index (κ1) is 10.0. The van der Waals surface area contributed by atoms with Gasteiger partial charge in [0, 0.05) is 5.02 Å². The highest BCUT2D eigenvalue weighted by atomic mass is 127. The minimum atomic E-state index is 0.295. The van der Waals surface area contributed by atoms with Crippen molar-refractivity contribution in [2.45, 2.75) is 3.92 Å². The number of amidine groups is 1. The maximum atomic E-state index is 5.80. The molecule has 1 atom stereocenters. The number of nitrogens with zero attached hydrogens (tertiary/aromatic N) is 2. The fourth-order valence-corrected chi connectivity index (χ4v) is 1.89. The van der Waals surface area contributed by atoms with Gasteiger partial charge in [0.15, 0.2) is 0 Å². The number of hydrazone groups is 1. The van der Waals surface area contributed by atoms with Crippen LogP contribution < -0.4 is 10.7 Å². The molecule has 1 aliphatic rings. The van der Waals surface area contributed by atoms with Gasteiger partial charge in [0.2, 0.25) is 0 Å². The molecular weight excluding hydrogens is 312 g/mol. The molecule has 1 unspecified atom stereocenters. The van der Waals surface area contributed by atoms with Gasteiger partial charge in [-0.2, -0.15) is 5.10 Å². The van der Waals surface area contributed by atoms with E-state index in [0.29, 0.717) is 9.76 Å². The van der Waals surface area contributed by atoms with Crippen molar-refractivity contribution in [2.75, 3.05) is 11.6 Å². The van der Waals surface area contributed by atoms with E-state index in [2.05, 4.69) is 27.7 Å². The zero-order valence-corrected chi connectivity index (χ0v) is 10.2. The van der Waals surface area contributed by atoms with Crippen molar-refractivity contribution in [1.82, 2.24) is 0 Å². The number of benzene rings is 1. The topological polar surface area (TPSA) is 41.6 Å². The van der Waals surface area contributed by atoms with E-state index >= 15 is 0 Å². The Morgan fingerprint density at radius 1 is 1.43 bits per heavy atom. The van der Waals surface area contributed by atoms with Crippen molar-refractivity contribution in [3.05, 3.63) is 29.3 Å². The Bertz CT molecular complexity index is 363. The summed E-state index contributed by atoms with van der Waals surface area (Å²) in [5.74, 6) is 0.681. The molecule has 0 bridgehead atoms. The van der Waals surface area contributed by atoms with Crippen molar-refractivity contribution >= 4 is 45.7 Å². The summed E-state index contributed by atoms with van der Waals surface area (Å²) in [5, 5.41) is 6.87. The second-order valence-corrected chi connectivity index (χ2v) is 4.99. The van der Waals surface area contributed by atoms with Crippen LogP contribution in [0.2, 0.25) is 5.02 Å². The van der Waals surface area contributed by atoms with E-state index in [9.17, 15) is 0 Å². The van der Waals surface area contributed by atoms with Gasteiger partial charge in [-0.3, -0.25) is 5.01 Å². The van der Waals surface area contributed by atoms with Crippen LogP contribution in [0.3, 0.4) is 0 Å². The maximum absolute atomic E-state index is 5.80. The van der Waals surface area contributed by atoms with Gasteiger partial charge in [-0.15, -0.1) is 0 Å². The third-order valence-electron chi connectivity index (χ3n) is 2.02. The van der Waals surface area contributed by atoms with Crippen LogP contribution in [0, 0.1) is 0 Å². The van der Waals surface area contributed by atoms with Crippen LogP contribution in [-0.4, -0.2) is 16.3 Å². The second kappa shape index (κ2) is 3.94. The summed E-state index contributed by atoms with van der Waals surface area (Å²) in [6.45, 7) is 0.827. The largest absolute Gasteiger partial charge is 0.385 e. The molecule has 1 heterocycles. The van der Waals surface area contributed by atoms with E-state index in [1.54, 1.807) is 0 Å². The van der Waals surface area contributed by atoms with Crippen molar-refractivity contribution in [3.8, 4) is 0 Å². The molecule has 2 N–H and O–H groups in total. The fraction of sp³-hybridized carbons (Fsp3) is 0.222. The minimum Gasteiger partial charge on any atom is -0.385 e. The SMILES string of the molecule is NC1=NN(c2ccc(Cl)cc2)CC1I. The standard InChI is InChI=1S/C9H9ClIN3/c10-6-1-3-7(4-2-6)14-5-8(11)9(12)13-14/h1-4,8H,5H2,(H2,12,13). The summed E-state index contributed by atoms with van der Waals surface area (Å²) in [4.78, 5) is 0. The maximum Gasteiger partial charge on any atom is 0.135 e. The quantitative estimate of drug-likeness (QED) is 0.637. The molecule has 0 amide bonds. The van der Waals surface area contributed by atoms with Gasteiger partial charge < -0.3 is 5.73 Å². The first-order valence-electron chi connectivity index (χ1n) is 4.18.